The number of fused-ring (bicyclic) bond motifs is 4. The van der Waals surface area contributed by atoms with Gasteiger partial charge in [0.25, 0.3) is 0 Å². The predicted octanol–water partition coefficient (Wildman–Crippen LogP) is 11.8. The van der Waals surface area contributed by atoms with Gasteiger partial charge in [0.2, 0.25) is 0 Å². The van der Waals surface area contributed by atoms with E-state index in [0.717, 1.165) is 22.6 Å². The Morgan fingerprint density at radius 1 is 0.442 bits per heavy atom. The standard InChI is InChI=1S/C47H46N4O/c1-45(2,3)33-25-27-43-37(29-33)47(38-30-34(46(4,5)6)26-28-44(38)52-43,50-31-48(35-17-9-7-10-18-35)39-21-13-15-23-41(39)50)51-32-49(36-19-11-8-12-20-36)40-22-14-16-24-42(40)51/h7-30H,31-32H2,1-6H3. The van der Waals surface area contributed by atoms with Crippen LogP contribution in [-0.4, -0.2) is 13.3 Å². The zero-order valence-electron chi connectivity index (χ0n) is 31.0. The zero-order valence-corrected chi connectivity index (χ0v) is 31.0. The van der Waals surface area contributed by atoms with Crippen LogP contribution in [0, 0.1) is 0 Å². The largest absolute Gasteiger partial charge is 0.456 e. The smallest absolute Gasteiger partial charge is 0.176 e. The van der Waals surface area contributed by atoms with Crippen molar-refractivity contribution in [3.8, 4) is 11.5 Å². The minimum atomic E-state index is -0.815. The van der Waals surface area contributed by atoms with Gasteiger partial charge < -0.3 is 24.3 Å². The molecule has 3 heterocycles. The third kappa shape index (κ3) is 4.90. The summed E-state index contributed by atoms with van der Waals surface area (Å²) in [7, 11) is 0. The highest BCUT2D eigenvalue weighted by Gasteiger charge is 2.57. The van der Waals surface area contributed by atoms with E-state index in [-0.39, 0.29) is 10.8 Å². The van der Waals surface area contributed by atoms with Crippen LogP contribution in [0.3, 0.4) is 0 Å². The van der Waals surface area contributed by atoms with Gasteiger partial charge in [-0.3, -0.25) is 0 Å². The molecule has 0 unspecified atom stereocenters. The van der Waals surface area contributed by atoms with Gasteiger partial charge in [-0.2, -0.15) is 0 Å². The highest BCUT2D eigenvalue weighted by Crippen LogP contribution is 2.60. The highest BCUT2D eigenvalue weighted by atomic mass is 16.5. The number of para-hydroxylation sites is 6. The van der Waals surface area contributed by atoms with Gasteiger partial charge in [-0.25, -0.2) is 0 Å². The quantitative estimate of drug-likeness (QED) is 0.184. The van der Waals surface area contributed by atoms with Gasteiger partial charge >= 0.3 is 0 Å². The van der Waals surface area contributed by atoms with Gasteiger partial charge in [-0.15, -0.1) is 0 Å². The first-order valence-corrected chi connectivity index (χ1v) is 18.4. The summed E-state index contributed by atoms with van der Waals surface area (Å²) in [5.74, 6) is 1.77. The van der Waals surface area contributed by atoms with Crippen LogP contribution in [0.1, 0.15) is 63.8 Å². The molecule has 0 amide bonds. The Morgan fingerprint density at radius 2 is 0.808 bits per heavy atom. The molecular weight excluding hydrogens is 637 g/mol. The molecule has 0 spiro atoms. The van der Waals surface area contributed by atoms with E-state index < -0.39 is 5.66 Å². The molecular formula is C47H46N4O. The number of benzene rings is 6. The first kappa shape index (κ1) is 32.2. The minimum Gasteiger partial charge on any atom is -0.456 e. The fourth-order valence-corrected chi connectivity index (χ4v) is 8.35. The molecule has 0 saturated carbocycles. The monoisotopic (exact) mass is 682 g/mol. The van der Waals surface area contributed by atoms with Crippen molar-refractivity contribution in [2.75, 3.05) is 32.9 Å². The molecule has 0 radical (unpaired) electrons. The van der Waals surface area contributed by atoms with Gasteiger partial charge in [-0.1, -0.05) is 114 Å². The molecule has 5 nitrogen and oxygen atoms in total. The summed E-state index contributed by atoms with van der Waals surface area (Å²) in [6.07, 6.45) is 0. The SMILES string of the molecule is CC(C)(C)c1ccc2c(c1)C(N1CN(c3ccccc3)c3ccccc31)(N1CN(c3ccccc3)c3ccccc31)c1cc(C(C)(C)C)ccc1O2. The summed E-state index contributed by atoms with van der Waals surface area (Å²) in [6, 6.07) is 53.2. The summed E-state index contributed by atoms with van der Waals surface area (Å²) in [5, 5.41) is 0. The number of anilines is 6. The van der Waals surface area contributed by atoms with Crippen molar-refractivity contribution in [1.82, 2.24) is 0 Å². The van der Waals surface area contributed by atoms with Crippen molar-refractivity contribution in [2.24, 2.45) is 0 Å². The first-order valence-electron chi connectivity index (χ1n) is 18.4. The molecule has 0 saturated heterocycles. The second-order valence-corrected chi connectivity index (χ2v) is 16.3. The van der Waals surface area contributed by atoms with Gasteiger partial charge in [0.15, 0.2) is 5.66 Å². The van der Waals surface area contributed by atoms with Crippen molar-refractivity contribution in [3.63, 3.8) is 0 Å². The maximum atomic E-state index is 7.01. The van der Waals surface area contributed by atoms with Gasteiger partial charge in [0.05, 0.1) is 36.1 Å². The summed E-state index contributed by atoms with van der Waals surface area (Å²) < 4.78 is 7.01. The molecule has 6 aromatic rings. The van der Waals surface area contributed by atoms with Crippen molar-refractivity contribution in [2.45, 2.75) is 58.0 Å². The number of rotatable bonds is 4. The molecule has 9 rings (SSSR count). The topological polar surface area (TPSA) is 22.2 Å². The Morgan fingerprint density at radius 3 is 1.19 bits per heavy atom. The van der Waals surface area contributed by atoms with Crippen LogP contribution in [-0.2, 0) is 16.5 Å². The number of hydrogen-bond acceptors (Lipinski definition) is 5. The maximum absolute atomic E-state index is 7.01. The third-order valence-electron chi connectivity index (χ3n) is 11.1. The van der Waals surface area contributed by atoms with Crippen LogP contribution >= 0.6 is 0 Å². The molecule has 0 aromatic heterocycles. The summed E-state index contributed by atoms with van der Waals surface area (Å²) in [6.45, 7) is 15.1. The molecule has 0 fully saturated rings. The van der Waals surface area contributed by atoms with Crippen LogP contribution in [0.2, 0.25) is 0 Å². The van der Waals surface area contributed by atoms with E-state index in [1.807, 2.05) is 0 Å². The van der Waals surface area contributed by atoms with Gasteiger partial charge in [0.1, 0.15) is 11.5 Å². The molecule has 3 aliphatic rings. The van der Waals surface area contributed by atoms with Crippen LogP contribution in [0.25, 0.3) is 0 Å². The van der Waals surface area contributed by atoms with E-state index in [2.05, 4.69) is 207 Å². The Hall–Kier alpha value is -5.68. The number of nitrogens with zero attached hydrogens (tertiary/aromatic N) is 4. The van der Waals surface area contributed by atoms with Crippen molar-refractivity contribution < 1.29 is 4.74 Å². The lowest BCUT2D eigenvalue weighted by Gasteiger charge is -2.53. The molecule has 260 valence electrons. The molecule has 3 aliphatic heterocycles. The lowest BCUT2D eigenvalue weighted by atomic mass is 9.77. The summed E-state index contributed by atoms with van der Waals surface area (Å²) in [5.41, 5.74) is 10.9. The van der Waals surface area contributed by atoms with Crippen LogP contribution in [0.15, 0.2) is 146 Å². The fourth-order valence-electron chi connectivity index (χ4n) is 8.35. The molecule has 5 heteroatoms. The highest BCUT2D eigenvalue weighted by molar-refractivity contribution is 5.90. The van der Waals surface area contributed by atoms with Crippen molar-refractivity contribution >= 4 is 34.1 Å². The van der Waals surface area contributed by atoms with Crippen LogP contribution < -0.4 is 24.3 Å². The van der Waals surface area contributed by atoms with E-state index >= 15 is 0 Å². The average Bonchev–Trinajstić information content (AvgIpc) is 3.74. The molecule has 52 heavy (non-hydrogen) atoms. The summed E-state index contributed by atoms with van der Waals surface area (Å²) >= 11 is 0. The van der Waals surface area contributed by atoms with E-state index in [0.29, 0.717) is 13.3 Å². The maximum Gasteiger partial charge on any atom is 0.176 e. The second kappa shape index (κ2) is 11.7. The second-order valence-electron chi connectivity index (χ2n) is 16.3. The first-order chi connectivity index (χ1) is 25.0. The van der Waals surface area contributed by atoms with E-state index in [9.17, 15) is 0 Å². The van der Waals surface area contributed by atoms with Gasteiger partial charge in [-0.05, 0) is 94.8 Å². The zero-order chi connectivity index (χ0) is 35.8. The lowest BCUT2D eigenvalue weighted by molar-refractivity contribution is 0.368. The minimum absolute atomic E-state index is 0.0771. The molecule has 0 bridgehead atoms. The molecule has 0 N–H and O–H groups in total. The predicted molar refractivity (Wildman–Crippen MR) is 216 cm³/mol. The van der Waals surface area contributed by atoms with E-state index in [4.69, 9.17) is 4.74 Å². The Balaban J connectivity index is 1.41. The van der Waals surface area contributed by atoms with Crippen molar-refractivity contribution in [1.29, 1.82) is 0 Å². The van der Waals surface area contributed by atoms with Gasteiger partial charge in [0, 0.05) is 22.5 Å². The molecule has 6 aromatic carbocycles. The normalized spacial score (nSPS) is 15.9. The number of hydrogen-bond donors (Lipinski definition) is 0. The van der Waals surface area contributed by atoms with Crippen LogP contribution in [0.5, 0.6) is 11.5 Å². The average molecular weight is 683 g/mol. The Bertz CT molecular complexity index is 2120. The van der Waals surface area contributed by atoms with Crippen LogP contribution in [0.4, 0.5) is 34.1 Å². The third-order valence-corrected chi connectivity index (χ3v) is 11.1. The molecule has 0 atom stereocenters. The Kier molecular flexibility index (Phi) is 7.24. The fraction of sp³-hybridized carbons (Fsp3) is 0.234. The Labute approximate surface area is 308 Å². The summed E-state index contributed by atoms with van der Waals surface area (Å²) in [4.78, 5) is 10.2. The lowest BCUT2D eigenvalue weighted by Crippen LogP contribution is -2.61. The molecule has 0 aliphatic carbocycles. The number of ether oxygens (including phenoxy) is 1. The van der Waals surface area contributed by atoms with E-state index in [1.165, 1.54) is 45.3 Å². The van der Waals surface area contributed by atoms with Crippen molar-refractivity contribution in [3.05, 3.63) is 168 Å². The van der Waals surface area contributed by atoms with E-state index in [1.54, 1.807) is 0 Å².